The SMILES string of the molecule is NC(=O)c1ccc(C(O)C(=O)c2ccccc2)cc1. The zero-order valence-corrected chi connectivity index (χ0v) is 10.1. The van der Waals surface area contributed by atoms with Crippen molar-refractivity contribution in [3.8, 4) is 0 Å². The molecule has 1 atom stereocenters. The second kappa shape index (κ2) is 5.46. The number of amides is 1. The minimum absolute atomic E-state index is 0.336. The molecule has 2 aromatic carbocycles. The summed E-state index contributed by atoms with van der Waals surface area (Å²) in [4.78, 5) is 23.0. The molecule has 1 amide bonds. The molecule has 0 aliphatic carbocycles. The van der Waals surface area contributed by atoms with E-state index >= 15 is 0 Å². The van der Waals surface area contributed by atoms with E-state index in [1.807, 2.05) is 0 Å². The summed E-state index contributed by atoms with van der Waals surface area (Å²) in [7, 11) is 0. The second-order valence-corrected chi connectivity index (χ2v) is 4.12. The largest absolute Gasteiger partial charge is 0.380 e. The zero-order chi connectivity index (χ0) is 13.8. The Hall–Kier alpha value is -2.46. The molecule has 4 nitrogen and oxygen atoms in total. The van der Waals surface area contributed by atoms with Crippen LogP contribution in [0.3, 0.4) is 0 Å². The predicted molar refractivity (Wildman–Crippen MR) is 70.7 cm³/mol. The van der Waals surface area contributed by atoms with Crippen LogP contribution in [0.2, 0.25) is 0 Å². The van der Waals surface area contributed by atoms with E-state index in [-0.39, 0.29) is 5.78 Å². The minimum atomic E-state index is -1.25. The first-order valence-electron chi connectivity index (χ1n) is 5.76. The van der Waals surface area contributed by atoms with Gasteiger partial charge in [0.2, 0.25) is 5.91 Å². The van der Waals surface area contributed by atoms with Gasteiger partial charge in [0, 0.05) is 11.1 Å². The van der Waals surface area contributed by atoms with Crippen LogP contribution >= 0.6 is 0 Å². The Kier molecular flexibility index (Phi) is 3.73. The quantitative estimate of drug-likeness (QED) is 0.816. The van der Waals surface area contributed by atoms with Gasteiger partial charge in [0.05, 0.1) is 0 Å². The molecule has 0 heterocycles. The Morgan fingerprint density at radius 3 is 2.00 bits per heavy atom. The first kappa shape index (κ1) is 13.0. The van der Waals surface area contributed by atoms with Crippen LogP contribution in [-0.2, 0) is 0 Å². The van der Waals surface area contributed by atoms with Gasteiger partial charge >= 0.3 is 0 Å². The van der Waals surface area contributed by atoms with Gasteiger partial charge in [0.25, 0.3) is 0 Å². The highest BCUT2D eigenvalue weighted by atomic mass is 16.3. The molecule has 0 radical (unpaired) electrons. The number of primary amides is 1. The molecule has 3 N–H and O–H groups in total. The number of benzene rings is 2. The van der Waals surface area contributed by atoms with Crippen molar-refractivity contribution in [3.63, 3.8) is 0 Å². The molecule has 0 aromatic heterocycles. The van der Waals surface area contributed by atoms with Crippen molar-refractivity contribution in [2.45, 2.75) is 6.10 Å². The van der Waals surface area contributed by atoms with Crippen molar-refractivity contribution < 1.29 is 14.7 Å². The molecule has 0 spiro atoms. The third-order valence-corrected chi connectivity index (χ3v) is 2.82. The molecule has 0 fully saturated rings. The van der Waals surface area contributed by atoms with Gasteiger partial charge in [-0.3, -0.25) is 9.59 Å². The van der Waals surface area contributed by atoms with E-state index in [1.54, 1.807) is 30.3 Å². The predicted octanol–water partition coefficient (Wildman–Crippen LogP) is 1.70. The van der Waals surface area contributed by atoms with Gasteiger partial charge in [-0.1, -0.05) is 42.5 Å². The summed E-state index contributed by atoms with van der Waals surface area (Å²) in [5, 5.41) is 10.0. The summed E-state index contributed by atoms with van der Waals surface area (Å²) in [5.41, 5.74) is 6.33. The normalized spacial score (nSPS) is 11.8. The van der Waals surface area contributed by atoms with Crippen LogP contribution in [0, 0.1) is 0 Å². The Morgan fingerprint density at radius 2 is 1.47 bits per heavy atom. The molecule has 2 rings (SSSR count). The van der Waals surface area contributed by atoms with Gasteiger partial charge in [-0.05, 0) is 17.7 Å². The van der Waals surface area contributed by atoms with Crippen LogP contribution in [0.25, 0.3) is 0 Å². The third-order valence-electron chi connectivity index (χ3n) is 2.82. The highest BCUT2D eigenvalue weighted by Crippen LogP contribution is 2.18. The van der Waals surface area contributed by atoms with E-state index in [4.69, 9.17) is 5.73 Å². The number of hydrogen-bond donors (Lipinski definition) is 2. The van der Waals surface area contributed by atoms with E-state index in [2.05, 4.69) is 0 Å². The summed E-state index contributed by atoms with van der Waals surface area (Å²) in [6.45, 7) is 0. The molecule has 4 heteroatoms. The number of Topliss-reactive ketones (excluding diaryl/α,β-unsaturated/α-hetero) is 1. The van der Waals surface area contributed by atoms with Gasteiger partial charge in [0.1, 0.15) is 6.10 Å². The van der Waals surface area contributed by atoms with Crippen LogP contribution < -0.4 is 5.73 Å². The van der Waals surface area contributed by atoms with E-state index < -0.39 is 12.0 Å². The Morgan fingerprint density at radius 1 is 0.895 bits per heavy atom. The van der Waals surface area contributed by atoms with Crippen molar-refractivity contribution in [2.75, 3.05) is 0 Å². The number of aliphatic hydroxyl groups excluding tert-OH is 1. The molecule has 0 saturated heterocycles. The van der Waals surface area contributed by atoms with Crippen molar-refractivity contribution in [3.05, 3.63) is 71.3 Å². The molecular formula is C15H13NO3. The fourth-order valence-electron chi connectivity index (χ4n) is 1.74. The summed E-state index contributed by atoms with van der Waals surface area (Å²) in [6, 6.07) is 14.6. The lowest BCUT2D eigenvalue weighted by molar-refractivity contribution is 0.0747. The number of ketones is 1. The fourth-order valence-corrected chi connectivity index (χ4v) is 1.74. The van der Waals surface area contributed by atoms with Crippen LogP contribution in [0.5, 0.6) is 0 Å². The summed E-state index contributed by atoms with van der Waals surface area (Å²) in [6.07, 6.45) is -1.25. The molecule has 0 bridgehead atoms. The van der Waals surface area contributed by atoms with Gasteiger partial charge in [-0.15, -0.1) is 0 Å². The van der Waals surface area contributed by atoms with E-state index in [0.717, 1.165) is 0 Å². The molecule has 0 saturated carbocycles. The highest BCUT2D eigenvalue weighted by molar-refractivity contribution is 6.00. The first-order chi connectivity index (χ1) is 9.09. The lowest BCUT2D eigenvalue weighted by Crippen LogP contribution is -2.14. The highest BCUT2D eigenvalue weighted by Gasteiger charge is 2.18. The van der Waals surface area contributed by atoms with Gasteiger partial charge in [0.15, 0.2) is 5.78 Å². The minimum Gasteiger partial charge on any atom is -0.380 e. The number of carbonyl (C=O) groups excluding carboxylic acids is 2. The second-order valence-electron chi connectivity index (χ2n) is 4.12. The number of rotatable bonds is 4. The fraction of sp³-hybridized carbons (Fsp3) is 0.0667. The molecule has 96 valence electrons. The van der Waals surface area contributed by atoms with Crippen molar-refractivity contribution in [1.29, 1.82) is 0 Å². The maximum absolute atomic E-state index is 12.0. The topological polar surface area (TPSA) is 80.4 Å². The maximum atomic E-state index is 12.0. The molecule has 2 aromatic rings. The van der Waals surface area contributed by atoms with Crippen LogP contribution in [0.1, 0.15) is 32.4 Å². The Labute approximate surface area is 110 Å². The van der Waals surface area contributed by atoms with Gasteiger partial charge in [-0.2, -0.15) is 0 Å². The van der Waals surface area contributed by atoms with Crippen molar-refractivity contribution >= 4 is 11.7 Å². The first-order valence-corrected chi connectivity index (χ1v) is 5.76. The standard InChI is InChI=1S/C15H13NO3/c16-15(19)12-8-6-11(7-9-12)14(18)13(17)10-4-2-1-3-5-10/h1-9,14,18H,(H2,16,19). The molecule has 1 unspecified atom stereocenters. The van der Waals surface area contributed by atoms with Crippen molar-refractivity contribution in [2.24, 2.45) is 5.73 Å². The lowest BCUT2D eigenvalue weighted by atomic mass is 9.99. The summed E-state index contributed by atoms with van der Waals surface area (Å²) in [5.74, 6) is -0.928. The molecule has 0 aliphatic heterocycles. The summed E-state index contributed by atoms with van der Waals surface area (Å²) >= 11 is 0. The summed E-state index contributed by atoms with van der Waals surface area (Å²) < 4.78 is 0. The number of aliphatic hydroxyl groups is 1. The Balaban J connectivity index is 2.22. The molecular weight excluding hydrogens is 242 g/mol. The molecule has 19 heavy (non-hydrogen) atoms. The third kappa shape index (κ3) is 2.86. The monoisotopic (exact) mass is 255 g/mol. The number of hydrogen-bond acceptors (Lipinski definition) is 3. The average molecular weight is 255 g/mol. The number of nitrogens with two attached hydrogens (primary N) is 1. The number of carbonyl (C=O) groups is 2. The average Bonchev–Trinajstić information content (AvgIpc) is 2.46. The van der Waals surface area contributed by atoms with Gasteiger partial charge in [-0.25, -0.2) is 0 Å². The van der Waals surface area contributed by atoms with Crippen LogP contribution in [0.4, 0.5) is 0 Å². The van der Waals surface area contributed by atoms with E-state index in [9.17, 15) is 14.7 Å². The van der Waals surface area contributed by atoms with Crippen molar-refractivity contribution in [1.82, 2.24) is 0 Å². The maximum Gasteiger partial charge on any atom is 0.248 e. The smallest absolute Gasteiger partial charge is 0.248 e. The van der Waals surface area contributed by atoms with E-state index in [1.165, 1.54) is 24.3 Å². The molecule has 0 aliphatic rings. The van der Waals surface area contributed by atoms with E-state index in [0.29, 0.717) is 16.7 Å². The van der Waals surface area contributed by atoms with Crippen LogP contribution in [-0.4, -0.2) is 16.8 Å². The Bertz CT molecular complexity index is 591. The zero-order valence-electron chi connectivity index (χ0n) is 10.1. The lowest BCUT2D eigenvalue weighted by Gasteiger charge is -2.10. The van der Waals surface area contributed by atoms with Crippen LogP contribution in [0.15, 0.2) is 54.6 Å². The van der Waals surface area contributed by atoms with Gasteiger partial charge < -0.3 is 10.8 Å².